The van der Waals surface area contributed by atoms with Gasteiger partial charge in [-0.1, -0.05) is 59.9 Å². The fourth-order valence-electron chi connectivity index (χ4n) is 2.68. The van der Waals surface area contributed by atoms with E-state index in [-0.39, 0.29) is 5.75 Å². The van der Waals surface area contributed by atoms with Crippen LogP contribution in [-0.4, -0.2) is 21.5 Å². The highest BCUT2D eigenvalue weighted by Gasteiger charge is 2.24. The van der Waals surface area contributed by atoms with Gasteiger partial charge in [-0.15, -0.1) is 0 Å². The van der Waals surface area contributed by atoms with E-state index in [9.17, 15) is 10.2 Å². The van der Waals surface area contributed by atoms with Gasteiger partial charge >= 0.3 is 0 Å². The van der Waals surface area contributed by atoms with E-state index in [1.165, 1.54) is 0 Å². The molecule has 0 unspecified atom stereocenters. The van der Waals surface area contributed by atoms with Crippen LogP contribution in [0.15, 0.2) is 30.3 Å². The molecule has 0 spiro atoms. The highest BCUT2D eigenvalue weighted by molar-refractivity contribution is 7.67. The van der Waals surface area contributed by atoms with Gasteiger partial charge < -0.3 is 10.2 Å². The molecule has 0 radical (unpaired) electrons. The van der Waals surface area contributed by atoms with E-state index < -0.39 is 7.92 Å². The Hall–Kier alpha value is -1.27. The maximum Gasteiger partial charge on any atom is 0.131 e. The van der Waals surface area contributed by atoms with E-state index in [1.807, 2.05) is 24.3 Å². The number of hydrogen-bond acceptors (Lipinski definition) is 2. The lowest BCUT2D eigenvalue weighted by molar-refractivity contribution is 0.473. The molecule has 2 nitrogen and oxygen atoms in total. The molecule has 2 N–H and O–H groups in total. The molecule has 2 aromatic carbocycles. The van der Waals surface area contributed by atoms with Crippen LogP contribution in [-0.2, 0) is 0 Å². The van der Waals surface area contributed by atoms with Gasteiger partial charge in [0.2, 0.25) is 0 Å². The Labute approximate surface area is 115 Å². The maximum atomic E-state index is 10.5. The molecule has 0 atom stereocenters. The van der Waals surface area contributed by atoms with E-state index >= 15 is 0 Å². The first-order chi connectivity index (χ1) is 8.93. The van der Waals surface area contributed by atoms with Crippen molar-refractivity contribution in [3.63, 3.8) is 0 Å². The van der Waals surface area contributed by atoms with Crippen molar-refractivity contribution in [1.29, 1.82) is 0 Å². The predicted octanol–water partition coefficient (Wildman–Crippen LogP) is 4.18. The van der Waals surface area contributed by atoms with Gasteiger partial charge in [0, 0.05) is 16.1 Å². The third kappa shape index (κ3) is 2.55. The van der Waals surface area contributed by atoms with Crippen molar-refractivity contribution >= 4 is 24.0 Å². The molecular formula is C16H21O2P. The van der Waals surface area contributed by atoms with Gasteiger partial charge in [0.1, 0.15) is 11.5 Å². The average molecular weight is 276 g/mol. The highest BCUT2D eigenvalue weighted by atomic mass is 31.1. The van der Waals surface area contributed by atoms with Crippen LogP contribution in [0.4, 0.5) is 0 Å². The van der Waals surface area contributed by atoms with E-state index in [4.69, 9.17) is 0 Å². The fourth-order valence-corrected chi connectivity index (χ4v) is 5.62. The van der Waals surface area contributed by atoms with Gasteiger partial charge in [0.05, 0.1) is 0 Å². The van der Waals surface area contributed by atoms with Gasteiger partial charge in [-0.05, 0) is 17.4 Å². The van der Waals surface area contributed by atoms with Crippen molar-refractivity contribution in [3.05, 3.63) is 30.3 Å². The molecule has 0 aliphatic heterocycles. The zero-order valence-corrected chi connectivity index (χ0v) is 12.8. The minimum absolute atomic E-state index is 0.261. The van der Waals surface area contributed by atoms with Crippen molar-refractivity contribution in [2.75, 3.05) is 0 Å². The summed E-state index contributed by atoms with van der Waals surface area (Å²) in [5.41, 5.74) is 0.947. The number of fused-ring (bicyclic) bond motifs is 1. The topological polar surface area (TPSA) is 40.5 Å². The number of hydrogen-bond donors (Lipinski definition) is 2. The van der Waals surface area contributed by atoms with Gasteiger partial charge in [0.15, 0.2) is 0 Å². The monoisotopic (exact) mass is 276 g/mol. The summed E-state index contributed by atoms with van der Waals surface area (Å²) in [5, 5.41) is 23.1. The number of rotatable bonds is 3. The first-order valence-corrected chi connectivity index (χ1v) is 8.13. The van der Waals surface area contributed by atoms with Crippen LogP contribution in [0.2, 0.25) is 0 Å². The standard InChI is InChI=1S/C16H21O2P/c1-10(2)19(11(3)4)15-9-14(17)12-7-5-6-8-13(12)16(15)18/h5-11,17-18H,1-4H3. The molecule has 3 heteroatoms. The minimum Gasteiger partial charge on any atom is -0.507 e. The van der Waals surface area contributed by atoms with Crippen LogP contribution in [0, 0.1) is 0 Å². The SMILES string of the molecule is CC(C)P(c1cc(O)c2ccccc2c1O)C(C)C. The van der Waals surface area contributed by atoms with Crippen molar-refractivity contribution < 1.29 is 10.2 Å². The Bertz CT molecular complexity index is 583. The Balaban J connectivity index is 2.71. The van der Waals surface area contributed by atoms with Crippen LogP contribution >= 0.6 is 7.92 Å². The number of aromatic hydroxyl groups is 2. The van der Waals surface area contributed by atoms with Gasteiger partial charge in [0.25, 0.3) is 0 Å². The molecule has 0 amide bonds. The zero-order chi connectivity index (χ0) is 14.2. The maximum absolute atomic E-state index is 10.5. The molecule has 2 aromatic rings. The highest BCUT2D eigenvalue weighted by Crippen LogP contribution is 2.49. The van der Waals surface area contributed by atoms with E-state index in [0.717, 1.165) is 10.7 Å². The third-order valence-corrected chi connectivity index (χ3v) is 6.49. The van der Waals surface area contributed by atoms with Crippen molar-refractivity contribution in [2.24, 2.45) is 0 Å². The Morgan fingerprint density at radius 2 is 1.42 bits per heavy atom. The Kier molecular flexibility index (Phi) is 4.01. The Morgan fingerprint density at radius 1 is 0.895 bits per heavy atom. The second-order valence-electron chi connectivity index (χ2n) is 5.40. The molecule has 0 saturated carbocycles. The van der Waals surface area contributed by atoms with Gasteiger partial charge in [-0.2, -0.15) is 0 Å². The number of phenolic OH excluding ortho intramolecular Hbond substituents is 2. The lowest BCUT2D eigenvalue weighted by atomic mass is 10.1. The lowest BCUT2D eigenvalue weighted by Gasteiger charge is -2.27. The fraction of sp³-hybridized carbons (Fsp3) is 0.375. The lowest BCUT2D eigenvalue weighted by Crippen LogP contribution is -2.15. The molecule has 102 valence electrons. The molecule has 0 saturated heterocycles. The second-order valence-corrected chi connectivity index (χ2v) is 8.77. The van der Waals surface area contributed by atoms with E-state index in [2.05, 4.69) is 27.7 Å². The molecule has 19 heavy (non-hydrogen) atoms. The molecule has 0 fully saturated rings. The largest absolute Gasteiger partial charge is 0.507 e. The summed E-state index contributed by atoms with van der Waals surface area (Å²) in [5.74, 6) is 0.596. The first-order valence-electron chi connectivity index (χ1n) is 6.65. The summed E-state index contributed by atoms with van der Waals surface area (Å²) in [4.78, 5) is 0. The zero-order valence-electron chi connectivity index (χ0n) is 11.9. The van der Waals surface area contributed by atoms with Crippen molar-refractivity contribution in [1.82, 2.24) is 0 Å². The minimum atomic E-state index is -0.494. The summed E-state index contributed by atoms with van der Waals surface area (Å²) >= 11 is 0. The normalized spacial score (nSPS) is 11.9. The van der Waals surface area contributed by atoms with E-state index in [0.29, 0.717) is 22.5 Å². The van der Waals surface area contributed by atoms with Crippen LogP contribution in [0.1, 0.15) is 27.7 Å². The summed E-state index contributed by atoms with van der Waals surface area (Å²) in [6.45, 7) is 8.71. The molecule has 0 aromatic heterocycles. The van der Waals surface area contributed by atoms with Crippen molar-refractivity contribution in [2.45, 2.75) is 39.0 Å². The third-order valence-electron chi connectivity index (χ3n) is 3.37. The summed E-state index contributed by atoms with van der Waals surface area (Å²) in [7, 11) is -0.494. The average Bonchev–Trinajstić information content (AvgIpc) is 2.35. The molecule has 2 rings (SSSR count). The molecule has 0 heterocycles. The van der Waals surface area contributed by atoms with Crippen LogP contribution in [0.5, 0.6) is 11.5 Å². The quantitative estimate of drug-likeness (QED) is 0.652. The predicted molar refractivity (Wildman–Crippen MR) is 84.1 cm³/mol. The van der Waals surface area contributed by atoms with Gasteiger partial charge in [-0.25, -0.2) is 0 Å². The van der Waals surface area contributed by atoms with Crippen molar-refractivity contribution in [3.8, 4) is 11.5 Å². The molecule has 0 bridgehead atoms. The second kappa shape index (κ2) is 5.38. The number of benzene rings is 2. The Morgan fingerprint density at radius 3 is 1.95 bits per heavy atom. The molecule has 0 aliphatic carbocycles. The number of phenols is 2. The summed E-state index contributed by atoms with van der Waals surface area (Å²) in [6.07, 6.45) is 0. The first kappa shape index (κ1) is 14.1. The van der Waals surface area contributed by atoms with Crippen LogP contribution < -0.4 is 5.30 Å². The van der Waals surface area contributed by atoms with Gasteiger partial charge in [-0.3, -0.25) is 0 Å². The molecular weight excluding hydrogens is 255 g/mol. The van der Waals surface area contributed by atoms with Crippen LogP contribution in [0.25, 0.3) is 10.8 Å². The van der Waals surface area contributed by atoms with E-state index in [1.54, 1.807) is 6.07 Å². The smallest absolute Gasteiger partial charge is 0.131 e. The summed E-state index contributed by atoms with van der Waals surface area (Å²) in [6, 6.07) is 9.21. The molecule has 0 aliphatic rings. The summed E-state index contributed by atoms with van der Waals surface area (Å²) < 4.78 is 0. The van der Waals surface area contributed by atoms with Crippen LogP contribution in [0.3, 0.4) is 0 Å².